The number of unbranched alkanes of at least 4 members (excludes halogenated alkanes) is 16. The molecule has 2 unspecified atom stereocenters. The fraction of sp³-hybridized carbons (Fsp3) is 0.600. The van der Waals surface area contributed by atoms with Crippen LogP contribution < -0.4 is 2.89 Å². The van der Waals surface area contributed by atoms with Crippen LogP contribution in [0.15, 0.2) is 48.5 Å². The molecule has 69 heavy (non-hydrogen) atoms. The first-order valence-electron chi connectivity index (χ1n) is 27.7. The quantitative estimate of drug-likeness (QED) is 0.0303. The molecular weight excluding hydrogens is 1060 g/mol. The second-order valence-corrected chi connectivity index (χ2v) is 43.6. The van der Waals surface area contributed by atoms with Gasteiger partial charge < -0.3 is 0 Å². The Labute approximate surface area is 447 Å². The van der Waals surface area contributed by atoms with E-state index in [0.29, 0.717) is 0 Å². The summed E-state index contributed by atoms with van der Waals surface area (Å²) in [5.41, 5.74) is 4.96. The van der Waals surface area contributed by atoms with E-state index in [1.165, 1.54) is 233 Å². The zero-order valence-corrected chi connectivity index (χ0v) is 51.8. The van der Waals surface area contributed by atoms with E-state index in [4.69, 9.17) is 9.97 Å². The first-order valence-corrected chi connectivity index (χ1v) is 42.6. The van der Waals surface area contributed by atoms with E-state index in [2.05, 4.69) is 98.0 Å². The predicted molar refractivity (Wildman–Crippen MR) is 322 cm³/mol. The van der Waals surface area contributed by atoms with Crippen LogP contribution in [-0.4, -0.2) is 28.3 Å². The average Bonchev–Trinajstić information content (AvgIpc) is 4.20. The molecule has 6 heterocycles. The Morgan fingerprint density at radius 1 is 0.406 bits per heavy atom. The van der Waals surface area contributed by atoms with Gasteiger partial charge in [-0.2, -0.15) is 0 Å². The molecule has 0 saturated carbocycles. The van der Waals surface area contributed by atoms with E-state index in [1.54, 1.807) is 12.6 Å². The van der Waals surface area contributed by atoms with Gasteiger partial charge in [0.2, 0.25) is 0 Å². The summed E-state index contributed by atoms with van der Waals surface area (Å²) in [6, 6.07) is 19.2. The van der Waals surface area contributed by atoms with Gasteiger partial charge in [-0.05, 0) is 0 Å². The summed E-state index contributed by atoms with van der Waals surface area (Å²) in [7, 11) is 0. The van der Waals surface area contributed by atoms with Gasteiger partial charge in [-0.3, -0.25) is 0 Å². The van der Waals surface area contributed by atoms with Crippen molar-refractivity contribution in [1.82, 2.24) is 9.97 Å². The Bertz CT molecular complexity index is 2440. The number of aryl methyl sites for hydroxylation is 1. The van der Waals surface area contributed by atoms with Crippen molar-refractivity contribution in [2.24, 2.45) is 11.8 Å². The van der Waals surface area contributed by atoms with Gasteiger partial charge in [-0.15, -0.1) is 0 Å². The molecule has 0 radical (unpaired) electrons. The van der Waals surface area contributed by atoms with Crippen LogP contribution in [0, 0.1) is 18.8 Å². The normalized spacial score (nSPS) is 13.2. The average molecular weight is 1150 g/mol. The molecule has 2 nitrogen and oxygen atoms in total. The molecule has 7 aromatic rings. The Balaban J connectivity index is 1.24. The molecule has 0 aliphatic carbocycles. The van der Waals surface area contributed by atoms with E-state index < -0.39 is 18.4 Å². The minimum atomic E-state index is -2.34. The van der Waals surface area contributed by atoms with Crippen molar-refractivity contribution >= 4 is 110 Å². The summed E-state index contributed by atoms with van der Waals surface area (Å²) in [5.74, 6) is 1.56. The number of thiophene rings is 4. The Hall–Kier alpha value is -1.40. The molecule has 376 valence electrons. The molecule has 0 saturated heterocycles. The third kappa shape index (κ3) is 15.8. The van der Waals surface area contributed by atoms with Crippen molar-refractivity contribution in [3.8, 4) is 40.7 Å². The molecule has 6 aromatic heterocycles. The van der Waals surface area contributed by atoms with Crippen molar-refractivity contribution < 1.29 is 0 Å². The molecule has 0 N–H and O–H groups in total. The molecule has 0 amide bonds. The molecule has 0 aliphatic heterocycles. The summed E-state index contributed by atoms with van der Waals surface area (Å²) < 4.78 is 4.24. The number of benzene rings is 1. The van der Waals surface area contributed by atoms with Crippen molar-refractivity contribution in [2.75, 3.05) is 0 Å². The number of thiazole rings is 2. The predicted octanol–water partition coefficient (Wildman–Crippen LogP) is 22.4. The van der Waals surface area contributed by atoms with Gasteiger partial charge in [0.25, 0.3) is 0 Å². The Morgan fingerprint density at radius 3 is 1.17 bits per heavy atom. The van der Waals surface area contributed by atoms with Crippen LogP contribution in [0.2, 0.25) is 14.8 Å². The SMILES string of the molecule is CCCCCCCCC(CCCCCC)Cc1ccc(-c2nc3c(-c4cc[c]([Sn]([CH3])([CH3])[CH3])s4)c4sc(-c5ccc(CC(CCCCCC)CCCCCCCC)s5)nc4c(-c4ccc(C)s4)c3s2)s1. The molecule has 2 atom stereocenters. The van der Waals surface area contributed by atoms with Crippen molar-refractivity contribution in [2.45, 2.75) is 216 Å². The molecule has 1 aromatic carbocycles. The minimum absolute atomic E-state index is 0.782. The Kier molecular flexibility index (Phi) is 22.7. The van der Waals surface area contributed by atoms with E-state index in [1.807, 2.05) is 68.0 Å². The number of rotatable bonds is 33. The summed E-state index contributed by atoms with van der Waals surface area (Å²) in [6.07, 6.45) is 35.4. The second kappa shape index (κ2) is 28.3. The molecule has 0 fully saturated rings. The monoisotopic (exact) mass is 1150 g/mol. The fourth-order valence-electron chi connectivity index (χ4n) is 10.3. The maximum atomic E-state index is 5.76. The van der Waals surface area contributed by atoms with Crippen LogP contribution >= 0.6 is 68.0 Å². The molecule has 9 heteroatoms. The van der Waals surface area contributed by atoms with E-state index in [-0.39, 0.29) is 0 Å². The second-order valence-electron chi connectivity index (χ2n) is 21.5. The zero-order valence-electron chi connectivity index (χ0n) is 44.0. The first-order chi connectivity index (χ1) is 33.6. The summed E-state index contributed by atoms with van der Waals surface area (Å²) in [5, 5.41) is 2.34. The number of nitrogens with zero attached hydrogens (tertiary/aromatic N) is 2. The summed E-state index contributed by atoms with van der Waals surface area (Å²) in [6.45, 7) is 11.6. The van der Waals surface area contributed by atoms with E-state index in [9.17, 15) is 0 Å². The van der Waals surface area contributed by atoms with Gasteiger partial charge >= 0.3 is 270 Å². The van der Waals surface area contributed by atoms with Gasteiger partial charge in [-0.1, -0.05) is 182 Å². The number of fused-ring (bicyclic) bond motifs is 2. The van der Waals surface area contributed by atoms with Gasteiger partial charge in [0.1, 0.15) is 0 Å². The third-order valence-corrected chi connectivity index (χ3v) is 30.7. The van der Waals surface area contributed by atoms with Crippen LogP contribution in [0.5, 0.6) is 0 Å². The standard InChI is InChI=1S/C57H77N2S6.3CH3.Sn/c1-6-10-14-18-20-24-29-42(27-22-16-12-8-3)39-44-33-36-48(62-44)56-58-52-50(46-31-26-38-60-46)54-53(51(55(52)65-56)47-35-32-41(5)61-47)59-57(64-54)49-37-34-45(63-49)40-43(28-23-17-13-9-4)30-25-21-19-15-11-7-2;;;;/h26,31-37,42-43H,6-25,27-30,39-40H2,1-5H3;3*1H3;. The van der Waals surface area contributed by atoms with Crippen LogP contribution in [0.3, 0.4) is 0 Å². The fourth-order valence-corrected chi connectivity index (χ4v) is 22.3. The van der Waals surface area contributed by atoms with Crippen LogP contribution in [-0.2, 0) is 12.8 Å². The molecular formula is C60H86N2S6Sn. The topological polar surface area (TPSA) is 25.8 Å². The number of hydrogen-bond acceptors (Lipinski definition) is 8. The van der Waals surface area contributed by atoms with Crippen molar-refractivity contribution in [3.63, 3.8) is 0 Å². The van der Waals surface area contributed by atoms with Crippen LogP contribution in [0.25, 0.3) is 61.1 Å². The van der Waals surface area contributed by atoms with Crippen molar-refractivity contribution in [3.05, 3.63) is 63.2 Å². The molecule has 0 aliphatic rings. The molecule has 0 spiro atoms. The van der Waals surface area contributed by atoms with Crippen LogP contribution in [0.4, 0.5) is 0 Å². The molecule has 0 bridgehead atoms. The number of hydrogen-bond donors (Lipinski definition) is 0. The number of aromatic nitrogens is 2. The van der Waals surface area contributed by atoms with E-state index in [0.717, 1.165) is 11.8 Å². The van der Waals surface area contributed by atoms with Crippen molar-refractivity contribution in [1.29, 1.82) is 0 Å². The van der Waals surface area contributed by atoms with Gasteiger partial charge in [0.15, 0.2) is 0 Å². The summed E-state index contributed by atoms with van der Waals surface area (Å²) in [4.78, 5) is 28.9. The zero-order chi connectivity index (χ0) is 48.6. The Morgan fingerprint density at radius 2 is 0.783 bits per heavy atom. The van der Waals surface area contributed by atoms with Gasteiger partial charge in [0.05, 0.1) is 0 Å². The first kappa shape index (κ1) is 55.4. The van der Waals surface area contributed by atoms with Crippen LogP contribution in [0.1, 0.15) is 196 Å². The maximum absolute atomic E-state index is 5.76. The summed E-state index contributed by atoms with van der Waals surface area (Å²) >= 11 is 9.49. The van der Waals surface area contributed by atoms with Gasteiger partial charge in [-0.25, -0.2) is 0 Å². The van der Waals surface area contributed by atoms with Gasteiger partial charge in [0, 0.05) is 0 Å². The van der Waals surface area contributed by atoms with E-state index >= 15 is 0 Å². The molecule has 7 rings (SSSR count). The third-order valence-electron chi connectivity index (χ3n) is 14.3.